The average Bonchev–Trinajstić information content (AvgIpc) is 2.46. The Kier molecular flexibility index (Phi) is 4.35. The fourth-order valence-electron chi connectivity index (χ4n) is 1.75. The molecule has 21 heavy (non-hydrogen) atoms. The summed E-state index contributed by atoms with van der Waals surface area (Å²) < 4.78 is 22.3. The average molecular weight is 305 g/mol. The molecule has 6 nitrogen and oxygen atoms in total. The molecule has 1 heterocycles. The smallest absolute Gasteiger partial charge is 0.256 e. The van der Waals surface area contributed by atoms with Crippen LogP contribution in [0.4, 0.5) is 5.82 Å². The number of hydrogen-bond donors (Lipinski definition) is 2. The van der Waals surface area contributed by atoms with Crippen LogP contribution >= 0.6 is 0 Å². The number of carbonyl (C=O) groups excluding carboxylic acids is 1. The molecular formula is C14H15N3O3S. The highest BCUT2D eigenvalue weighted by molar-refractivity contribution is 7.89. The highest BCUT2D eigenvalue weighted by Gasteiger charge is 2.11. The van der Waals surface area contributed by atoms with Crippen LogP contribution in [0.25, 0.3) is 0 Å². The van der Waals surface area contributed by atoms with E-state index in [4.69, 9.17) is 5.14 Å². The first-order chi connectivity index (χ1) is 9.90. The molecule has 0 aliphatic rings. The summed E-state index contributed by atoms with van der Waals surface area (Å²) >= 11 is 0. The minimum Gasteiger partial charge on any atom is -0.307 e. The van der Waals surface area contributed by atoms with E-state index in [2.05, 4.69) is 10.3 Å². The van der Waals surface area contributed by atoms with Gasteiger partial charge >= 0.3 is 0 Å². The van der Waals surface area contributed by atoms with Crippen molar-refractivity contribution >= 4 is 21.7 Å². The lowest BCUT2D eigenvalue weighted by molar-refractivity contribution is 0.102. The van der Waals surface area contributed by atoms with Gasteiger partial charge < -0.3 is 5.32 Å². The van der Waals surface area contributed by atoms with Crippen LogP contribution in [-0.4, -0.2) is 19.3 Å². The second kappa shape index (κ2) is 6.02. The standard InChI is InChI=1S/C14H15N3O3S/c1-2-10-7-8-16-13(9-10)17-14(18)11-3-5-12(6-4-11)21(15,19)20/h3-9H,2H2,1H3,(H2,15,19,20)(H,16,17,18). The number of amides is 1. The van der Waals surface area contributed by atoms with Gasteiger partial charge in [0.25, 0.3) is 5.91 Å². The molecule has 0 aliphatic heterocycles. The number of nitrogens with two attached hydrogens (primary N) is 1. The van der Waals surface area contributed by atoms with Crippen molar-refractivity contribution in [2.45, 2.75) is 18.2 Å². The molecule has 0 unspecified atom stereocenters. The predicted octanol–water partition coefficient (Wildman–Crippen LogP) is 1.54. The summed E-state index contributed by atoms with van der Waals surface area (Å²) in [5.74, 6) is 0.0894. The van der Waals surface area contributed by atoms with Crippen LogP contribution in [0, 0.1) is 0 Å². The fourth-order valence-corrected chi connectivity index (χ4v) is 2.26. The van der Waals surface area contributed by atoms with Crippen molar-refractivity contribution in [3.05, 3.63) is 53.7 Å². The Hall–Kier alpha value is -2.25. The van der Waals surface area contributed by atoms with Crippen molar-refractivity contribution in [3.8, 4) is 0 Å². The lowest BCUT2D eigenvalue weighted by Crippen LogP contribution is -2.15. The Bertz CT molecular complexity index is 755. The maximum Gasteiger partial charge on any atom is 0.256 e. The highest BCUT2D eigenvalue weighted by atomic mass is 32.2. The number of primary sulfonamides is 1. The third-order valence-electron chi connectivity index (χ3n) is 2.92. The minimum atomic E-state index is -3.76. The van der Waals surface area contributed by atoms with Gasteiger partial charge in [-0.05, 0) is 48.4 Å². The molecule has 2 aromatic rings. The molecule has 1 aromatic carbocycles. The number of rotatable bonds is 4. The van der Waals surface area contributed by atoms with E-state index in [0.717, 1.165) is 12.0 Å². The molecule has 0 saturated heterocycles. The first-order valence-corrected chi connectivity index (χ1v) is 7.84. The third-order valence-corrected chi connectivity index (χ3v) is 3.85. The van der Waals surface area contributed by atoms with Crippen LogP contribution in [-0.2, 0) is 16.4 Å². The normalized spacial score (nSPS) is 11.1. The van der Waals surface area contributed by atoms with Crippen LogP contribution in [0.2, 0.25) is 0 Å². The second-order valence-electron chi connectivity index (χ2n) is 4.43. The Morgan fingerprint density at radius 2 is 1.90 bits per heavy atom. The van der Waals surface area contributed by atoms with Gasteiger partial charge in [-0.25, -0.2) is 18.5 Å². The Balaban J connectivity index is 2.16. The Labute approximate surface area is 123 Å². The van der Waals surface area contributed by atoms with Gasteiger partial charge in [-0.2, -0.15) is 0 Å². The van der Waals surface area contributed by atoms with Gasteiger partial charge in [-0.15, -0.1) is 0 Å². The minimum absolute atomic E-state index is 0.0369. The molecular weight excluding hydrogens is 290 g/mol. The van der Waals surface area contributed by atoms with E-state index in [1.165, 1.54) is 24.3 Å². The van der Waals surface area contributed by atoms with Crippen LogP contribution < -0.4 is 10.5 Å². The Morgan fingerprint density at radius 1 is 1.24 bits per heavy atom. The number of sulfonamides is 1. The number of anilines is 1. The van der Waals surface area contributed by atoms with Crippen molar-refractivity contribution < 1.29 is 13.2 Å². The van der Waals surface area contributed by atoms with Crippen molar-refractivity contribution in [3.63, 3.8) is 0 Å². The van der Waals surface area contributed by atoms with Crippen molar-refractivity contribution in [1.82, 2.24) is 4.98 Å². The van der Waals surface area contributed by atoms with Crippen LogP contribution in [0.5, 0.6) is 0 Å². The van der Waals surface area contributed by atoms with Crippen LogP contribution in [0.3, 0.4) is 0 Å². The monoisotopic (exact) mass is 305 g/mol. The zero-order valence-electron chi connectivity index (χ0n) is 11.4. The van der Waals surface area contributed by atoms with Gasteiger partial charge in [0.05, 0.1) is 4.90 Å². The number of carbonyl (C=O) groups is 1. The van der Waals surface area contributed by atoms with Crippen molar-refractivity contribution in [2.24, 2.45) is 5.14 Å². The summed E-state index contributed by atoms with van der Waals surface area (Å²) in [6, 6.07) is 9.05. The van der Waals surface area contributed by atoms with E-state index in [1.807, 2.05) is 13.0 Å². The molecule has 7 heteroatoms. The molecule has 0 radical (unpaired) electrons. The summed E-state index contributed by atoms with van der Waals surface area (Å²) in [4.78, 5) is 16.1. The summed E-state index contributed by atoms with van der Waals surface area (Å²) in [5.41, 5.74) is 1.39. The molecule has 0 bridgehead atoms. The van der Waals surface area contributed by atoms with Crippen LogP contribution in [0.15, 0.2) is 47.5 Å². The van der Waals surface area contributed by atoms with Crippen LogP contribution in [0.1, 0.15) is 22.8 Å². The molecule has 0 spiro atoms. The van der Waals surface area contributed by atoms with E-state index in [-0.39, 0.29) is 10.8 Å². The molecule has 3 N–H and O–H groups in total. The number of benzene rings is 1. The summed E-state index contributed by atoms with van der Waals surface area (Å²) in [6.07, 6.45) is 2.47. The quantitative estimate of drug-likeness (QED) is 0.894. The number of hydrogen-bond acceptors (Lipinski definition) is 4. The largest absolute Gasteiger partial charge is 0.307 e. The van der Waals surface area contributed by atoms with Gasteiger partial charge in [0.15, 0.2) is 0 Å². The van der Waals surface area contributed by atoms with Gasteiger partial charge in [0.2, 0.25) is 10.0 Å². The van der Waals surface area contributed by atoms with E-state index in [0.29, 0.717) is 11.4 Å². The summed E-state index contributed by atoms with van der Waals surface area (Å²) in [7, 11) is -3.76. The molecule has 0 fully saturated rings. The number of pyridine rings is 1. The lowest BCUT2D eigenvalue weighted by atomic mass is 10.2. The number of aromatic nitrogens is 1. The van der Waals surface area contributed by atoms with Gasteiger partial charge in [0.1, 0.15) is 5.82 Å². The van der Waals surface area contributed by atoms with E-state index < -0.39 is 10.0 Å². The van der Waals surface area contributed by atoms with Gasteiger partial charge in [-0.3, -0.25) is 4.79 Å². The maximum atomic E-state index is 12.0. The number of nitrogens with one attached hydrogen (secondary N) is 1. The van der Waals surface area contributed by atoms with Gasteiger partial charge in [-0.1, -0.05) is 6.92 Å². The number of nitrogens with zero attached hydrogens (tertiary/aromatic N) is 1. The molecule has 0 aliphatic carbocycles. The first-order valence-electron chi connectivity index (χ1n) is 6.29. The molecule has 110 valence electrons. The van der Waals surface area contributed by atoms with Crippen molar-refractivity contribution in [2.75, 3.05) is 5.32 Å². The summed E-state index contributed by atoms with van der Waals surface area (Å²) in [6.45, 7) is 2.01. The SMILES string of the molecule is CCc1ccnc(NC(=O)c2ccc(S(N)(=O)=O)cc2)c1. The van der Waals surface area contributed by atoms with E-state index in [9.17, 15) is 13.2 Å². The fraction of sp³-hybridized carbons (Fsp3) is 0.143. The lowest BCUT2D eigenvalue weighted by Gasteiger charge is -2.06. The first kappa shape index (κ1) is 15.1. The molecule has 1 amide bonds. The molecule has 1 aromatic heterocycles. The van der Waals surface area contributed by atoms with E-state index in [1.54, 1.807) is 12.3 Å². The van der Waals surface area contributed by atoms with E-state index >= 15 is 0 Å². The molecule has 0 saturated carbocycles. The third kappa shape index (κ3) is 3.87. The van der Waals surface area contributed by atoms with Gasteiger partial charge in [0, 0.05) is 11.8 Å². The molecule has 2 rings (SSSR count). The number of aryl methyl sites for hydroxylation is 1. The summed E-state index contributed by atoms with van der Waals surface area (Å²) in [5, 5.41) is 7.66. The topological polar surface area (TPSA) is 102 Å². The molecule has 0 atom stereocenters. The second-order valence-corrected chi connectivity index (χ2v) is 5.99. The zero-order chi connectivity index (χ0) is 15.5. The highest BCUT2D eigenvalue weighted by Crippen LogP contribution is 2.12. The Morgan fingerprint density at radius 3 is 2.48 bits per heavy atom. The predicted molar refractivity (Wildman–Crippen MR) is 79.4 cm³/mol. The van der Waals surface area contributed by atoms with Crippen molar-refractivity contribution in [1.29, 1.82) is 0 Å². The maximum absolute atomic E-state index is 12.0. The zero-order valence-corrected chi connectivity index (χ0v) is 12.2.